The summed E-state index contributed by atoms with van der Waals surface area (Å²) in [6, 6.07) is 4.93. The van der Waals surface area contributed by atoms with Crippen LogP contribution in [0, 0.1) is 0 Å². The van der Waals surface area contributed by atoms with Crippen molar-refractivity contribution in [3.63, 3.8) is 0 Å². The second-order valence-electron chi connectivity index (χ2n) is 11.4. The molecular formula is C29H44N6O12S. The van der Waals surface area contributed by atoms with Gasteiger partial charge in [0.1, 0.15) is 0 Å². The highest BCUT2D eigenvalue weighted by atomic mass is 32.2. The zero-order valence-electron chi connectivity index (χ0n) is 26.5. The third-order valence-electron chi connectivity index (χ3n) is 7.40. The van der Waals surface area contributed by atoms with E-state index in [2.05, 4.69) is 10.6 Å². The SMILES string of the molecule is O=C(O)CN(CCN(CC(=O)O)CC(=O)O)CCN(CC(=O)O)CC(=O)NCCc1ccc(S(=O)(=O)NC(=O)NC2CCCCC2)cc1. The van der Waals surface area contributed by atoms with Crippen LogP contribution < -0.4 is 15.4 Å². The summed E-state index contributed by atoms with van der Waals surface area (Å²) in [5, 5.41) is 41.9. The number of nitrogens with one attached hydrogen (secondary N) is 3. The molecule has 1 saturated carbocycles. The second kappa shape index (κ2) is 20.1. The molecule has 0 saturated heterocycles. The minimum absolute atomic E-state index is 0.00675. The van der Waals surface area contributed by atoms with E-state index in [1.165, 1.54) is 21.9 Å². The van der Waals surface area contributed by atoms with Gasteiger partial charge in [-0.15, -0.1) is 0 Å². The van der Waals surface area contributed by atoms with Gasteiger partial charge in [-0.3, -0.25) is 38.7 Å². The van der Waals surface area contributed by atoms with Gasteiger partial charge in [-0.2, -0.15) is 0 Å². The molecule has 1 aliphatic rings. The maximum atomic E-state index is 12.6. The molecule has 48 heavy (non-hydrogen) atoms. The van der Waals surface area contributed by atoms with Crippen LogP contribution in [0.1, 0.15) is 37.7 Å². The summed E-state index contributed by atoms with van der Waals surface area (Å²) in [6.07, 6.45) is 4.96. The molecule has 0 radical (unpaired) electrons. The van der Waals surface area contributed by atoms with Crippen molar-refractivity contribution in [1.82, 2.24) is 30.1 Å². The lowest BCUT2D eigenvalue weighted by molar-refractivity contribution is -0.143. The van der Waals surface area contributed by atoms with Gasteiger partial charge in [0.15, 0.2) is 0 Å². The van der Waals surface area contributed by atoms with Crippen LogP contribution in [-0.4, -0.2) is 151 Å². The number of urea groups is 1. The number of hydrogen-bond donors (Lipinski definition) is 7. The molecule has 18 nitrogen and oxygen atoms in total. The van der Waals surface area contributed by atoms with Crippen LogP contribution in [0.3, 0.4) is 0 Å². The Labute approximate surface area is 278 Å². The number of benzene rings is 1. The Morgan fingerprint density at radius 2 is 1.12 bits per heavy atom. The van der Waals surface area contributed by atoms with Gasteiger partial charge in [0, 0.05) is 38.8 Å². The van der Waals surface area contributed by atoms with E-state index in [9.17, 15) is 47.4 Å². The van der Waals surface area contributed by atoms with Crippen LogP contribution in [0.5, 0.6) is 0 Å². The second-order valence-corrected chi connectivity index (χ2v) is 13.1. The highest BCUT2D eigenvalue weighted by Crippen LogP contribution is 2.17. The Morgan fingerprint density at radius 3 is 1.62 bits per heavy atom. The molecule has 7 N–H and O–H groups in total. The lowest BCUT2D eigenvalue weighted by atomic mass is 9.96. The predicted octanol–water partition coefficient (Wildman–Crippen LogP) is -1.09. The molecule has 0 unspecified atom stereocenters. The smallest absolute Gasteiger partial charge is 0.328 e. The van der Waals surface area contributed by atoms with Crippen LogP contribution in [-0.2, 0) is 40.4 Å². The summed E-state index contributed by atoms with van der Waals surface area (Å²) in [4.78, 5) is 73.3. The van der Waals surface area contributed by atoms with Crippen molar-refractivity contribution in [3.8, 4) is 0 Å². The number of amides is 3. The molecule has 0 aliphatic heterocycles. The number of sulfonamides is 1. The Morgan fingerprint density at radius 1 is 0.667 bits per heavy atom. The molecule has 0 heterocycles. The summed E-state index contributed by atoms with van der Waals surface area (Å²) >= 11 is 0. The summed E-state index contributed by atoms with van der Waals surface area (Å²) in [5.41, 5.74) is 0.687. The van der Waals surface area contributed by atoms with Gasteiger partial charge in [-0.25, -0.2) is 17.9 Å². The van der Waals surface area contributed by atoms with Crippen molar-refractivity contribution < 1.29 is 57.6 Å². The quantitative estimate of drug-likeness (QED) is 0.0758. The number of nitrogens with zero attached hydrogens (tertiary/aromatic N) is 3. The molecule has 268 valence electrons. The molecule has 0 spiro atoms. The molecular weight excluding hydrogens is 656 g/mol. The molecule has 1 aromatic carbocycles. The predicted molar refractivity (Wildman–Crippen MR) is 169 cm³/mol. The number of carbonyl (C=O) groups is 6. The van der Waals surface area contributed by atoms with E-state index in [0.717, 1.165) is 37.0 Å². The van der Waals surface area contributed by atoms with E-state index in [1.54, 1.807) is 12.1 Å². The van der Waals surface area contributed by atoms with E-state index < -0.39 is 72.0 Å². The van der Waals surface area contributed by atoms with Crippen molar-refractivity contribution in [2.24, 2.45) is 0 Å². The molecule has 0 atom stereocenters. The van der Waals surface area contributed by atoms with Crippen LogP contribution in [0.2, 0.25) is 0 Å². The normalized spacial score (nSPS) is 13.7. The first-order valence-electron chi connectivity index (χ1n) is 15.4. The zero-order chi connectivity index (χ0) is 35.7. The number of carboxylic acids is 4. The number of aliphatic carboxylic acids is 4. The van der Waals surface area contributed by atoms with E-state index >= 15 is 0 Å². The van der Waals surface area contributed by atoms with Gasteiger partial charge in [0.05, 0.1) is 37.6 Å². The molecule has 1 aromatic rings. The first-order valence-corrected chi connectivity index (χ1v) is 16.8. The Balaban J connectivity index is 1.86. The number of rotatable bonds is 22. The fourth-order valence-corrected chi connectivity index (χ4v) is 6.03. The third-order valence-corrected chi connectivity index (χ3v) is 8.75. The van der Waals surface area contributed by atoms with E-state index in [4.69, 9.17) is 10.2 Å². The van der Waals surface area contributed by atoms with Gasteiger partial charge >= 0.3 is 29.9 Å². The topological polar surface area (TPSA) is 263 Å². The molecule has 3 amide bonds. The van der Waals surface area contributed by atoms with Crippen molar-refractivity contribution >= 4 is 45.8 Å². The average Bonchev–Trinajstić information content (AvgIpc) is 2.97. The number of carboxylic acid groups (broad SMARTS) is 4. The minimum atomic E-state index is -4.09. The van der Waals surface area contributed by atoms with E-state index in [1.807, 2.05) is 4.72 Å². The van der Waals surface area contributed by atoms with Gasteiger partial charge in [0.25, 0.3) is 10.0 Å². The molecule has 0 aromatic heterocycles. The maximum Gasteiger partial charge on any atom is 0.328 e. The molecule has 0 bridgehead atoms. The summed E-state index contributed by atoms with van der Waals surface area (Å²) in [5.74, 6) is -5.46. The monoisotopic (exact) mass is 700 g/mol. The molecule has 2 rings (SSSR count). The highest BCUT2D eigenvalue weighted by molar-refractivity contribution is 7.90. The Bertz CT molecular complexity index is 1350. The van der Waals surface area contributed by atoms with Gasteiger partial charge in [-0.05, 0) is 37.0 Å². The van der Waals surface area contributed by atoms with Crippen molar-refractivity contribution in [2.45, 2.75) is 49.5 Å². The fraction of sp³-hybridized carbons (Fsp3) is 0.586. The average molecular weight is 701 g/mol. The van der Waals surface area contributed by atoms with Crippen LogP contribution in [0.25, 0.3) is 0 Å². The van der Waals surface area contributed by atoms with Crippen LogP contribution in [0.4, 0.5) is 4.79 Å². The maximum absolute atomic E-state index is 12.6. The molecule has 1 fully saturated rings. The van der Waals surface area contributed by atoms with Crippen LogP contribution in [0.15, 0.2) is 29.2 Å². The number of carbonyl (C=O) groups excluding carboxylic acids is 2. The van der Waals surface area contributed by atoms with Gasteiger partial charge < -0.3 is 31.1 Å². The first-order chi connectivity index (χ1) is 22.6. The van der Waals surface area contributed by atoms with E-state index in [-0.39, 0.29) is 50.2 Å². The van der Waals surface area contributed by atoms with Crippen molar-refractivity contribution in [3.05, 3.63) is 29.8 Å². The largest absolute Gasteiger partial charge is 0.480 e. The fourth-order valence-electron chi connectivity index (χ4n) is 5.11. The van der Waals surface area contributed by atoms with Gasteiger partial charge in [-0.1, -0.05) is 31.4 Å². The summed E-state index contributed by atoms with van der Waals surface area (Å²) in [7, 11) is -4.09. The Kier molecular flexibility index (Phi) is 16.7. The summed E-state index contributed by atoms with van der Waals surface area (Å²) < 4.78 is 27.3. The van der Waals surface area contributed by atoms with Crippen molar-refractivity contribution in [2.75, 3.05) is 65.4 Å². The van der Waals surface area contributed by atoms with Crippen molar-refractivity contribution in [1.29, 1.82) is 0 Å². The lowest BCUT2D eigenvalue weighted by Crippen LogP contribution is -2.46. The summed E-state index contributed by atoms with van der Waals surface area (Å²) in [6.45, 7) is -2.48. The van der Waals surface area contributed by atoms with E-state index in [0.29, 0.717) is 12.0 Å². The third kappa shape index (κ3) is 16.5. The molecule has 1 aliphatic carbocycles. The first kappa shape index (κ1) is 39.8. The Hall–Kier alpha value is -4.33. The highest BCUT2D eigenvalue weighted by Gasteiger charge is 2.22. The minimum Gasteiger partial charge on any atom is -0.480 e. The lowest BCUT2D eigenvalue weighted by Gasteiger charge is -2.27. The molecule has 19 heteroatoms. The standard InChI is InChI=1S/C29H44N6O12S/c36-24(16-34(18-26(39)40)14-12-33(17-25(37)38)13-15-35(19-27(41)42)20-28(43)44)30-11-10-21-6-8-23(9-7-21)48(46,47)32-29(45)31-22-4-2-1-3-5-22/h6-9,22H,1-5,10-20H2,(H,30,36)(H,37,38)(H,39,40)(H,41,42)(H,43,44)(H2,31,32,45). The number of hydrogen-bond acceptors (Lipinski definition) is 11. The van der Waals surface area contributed by atoms with Crippen LogP contribution >= 0.6 is 0 Å². The zero-order valence-corrected chi connectivity index (χ0v) is 27.3. The van der Waals surface area contributed by atoms with Gasteiger partial charge in [0.2, 0.25) is 5.91 Å².